The molecule has 4 nitrogen and oxygen atoms in total. The van der Waals surface area contributed by atoms with Gasteiger partial charge in [-0.3, -0.25) is 0 Å². The maximum Gasteiger partial charge on any atom is 0.252 e. The number of anilines is 9. The Hall–Kier alpha value is -8.58. The monoisotopic (exact) mass is 1220 g/mol. The zero-order chi connectivity index (χ0) is 64.9. The van der Waals surface area contributed by atoms with Gasteiger partial charge in [0.25, 0.3) is 6.71 Å². The van der Waals surface area contributed by atoms with E-state index < -0.39 is 0 Å². The summed E-state index contributed by atoms with van der Waals surface area (Å²) in [5, 5.41) is 3.96. The second kappa shape index (κ2) is 21.5. The Morgan fingerprint density at radius 2 is 0.761 bits per heavy atom. The summed E-state index contributed by atoms with van der Waals surface area (Å²) in [6, 6.07) is 82.7. The number of aromatic nitrogens is 1. The minimum absolute atomic E-state index is 0.00669. The van der Waals surface area contributed by atoms with Crippen LogP contribution in [0.3, 0.4) is 0 Å². The average Bonchev–Trinajstić information content (AvgIpc) is 1.47. The molecule has 0 bridgehead atoms. The highest BCUT2D eigenvalue weighted by molar-refractivity contribution is 7.26. The van der Waals surface area contributed by atoms with Gasteiger partial charge in [-0.05, 0) is 185 Å². The van der Waals surface area contributed by atoms with E-state index in [9.17, 15) is 0 Å². The van der Waals surface area contributed by atoms with Crippen LogP contribution < -0.4 is 31.1 Å². The van der Waals surface area contributed by atoms with Crippen molar-refractivity contribution in [1.82, 2.24) is 4.57 Å². The molecule has 2 aromatic heterocycles. The predicted octanol–water partition coefficient (Wildman–Crippen LogP) is 23.0. The van der Waals surface area contributed by atoms with Gasteiger partial charge in [0.1, 0.15) is 4.83 Å². The fourth-order valence-electron chi connectivity index (χ4n) is 14.3. The molecule has 0 aliphatic carbocycles. The molecule has 4 heterocycles. The van der Waals surface area contributed by atoms with Gasteiger partial charge >= 0.3 is 0 Å². The molecule has 0 spiro atoms. The van der Waals surface area contributed by atoms with Gasteiger partial charge in [-0.1, -0.05) is 240 Å². The van der Waals surface area contributed by atoms with Crippen molar-refractivity contribution in [3.63, 3.8) is 0 Å². The lowest BCUT2D eigenvalue weighted by molar-refractivity contribution is 0.590. The second-order valence-electron chi connectivity index (χ2n) is 32.4. The fraction of sp³-hybridized carbons (Fsp3) is 0.279. The van der Waals surface area contributed by atoms with Gasteiger partial charge in [-0.15, -0.1) is 11.3 Å². The smallest absolute Gasteiger partial charge is 0.252 e. The molecule has 0 radical (unpaired) electrons. The Balaban J connectivity index is 1.15. The average molecular weight is 1220 g/mol. The second-order valence-corrected chi connectivity index (χ2v) is 33.5. The normalized spacial score (nSPS) is 13.5. The Labute approximate surface area is 552 Å². The number of benzene rings is 10. The Morgan fingerprint density at radius 3 is 1.26 bits per heavy atom. The maximum atomic E-state index is 2.70. The van der Waals surface area contributed by atoms with Gasteiger partial charge in [-0.2, -0.15) is 0 Å². The van der Waals surface area contributed by atoms with E-state index >= 15 is 0 Å². The molecule has 14 rings (SSSR count). The SMILES string of the molecule is CC(C)(C)c1ccc(N(c2ccc(C(C)(C)C)cc2)c2ccc3c(c2)N(c2ccc(C(C)(C)C)cc2-c2ccccc2)c2cc(N(c4ccc(C(C)(C)C)cc4)c4ccc(C(C)(C)C)cc4)cc4c2B3c2cc(C(C)(C)C)cc3c5c6ccccc6sc5n-4c23)cc1. The first kappa shape index (κ1) is 61.0. The number of thiophene rings is 1. The van der Waals surface area contributed by atoms with Crippen LogP contribution in [0.4, 0.5) is 51.2 Å². The van der Waals surface area contributed by atoms with Crippen LogP contribution in [0.2, 0.25) is 0 Å². The van der Waals surface area contributed by atoms with Crippen LogP contribution in [0.15, 0.2) is 212 Å². The summed E-state index contributed by atoms with van der Waals surface area (Å²) >= 11 is 1.93. The van der Waals surface area contributed by atoms with Crippen molar-refractivity contribution in [2.24, 2.45) is 0 Å². The first-order chi connectivity index (χ1) is 43.4. The Kier molecular flexibility index (Phi) is 14.2. The summed E-state index contributed by atoms with van der Waals surface area (Å²) in [6.07, 6.45) is 0. The molecule has 0 N–H and O–H groups in total. The van der Waals surface area contributed by atoms with Crippen molar-refractivity contribution in [2.75, 3.05) is 14.7 Å². The van der Waals surface area contributed by atoms with Crippen molar-refractivity contribution in [1.29, 1.82) is 0 Å². The molecular weight excluding hydrogens is 1130 g/mol. The standard InChI is InChI=1S/C86H89BN4S/c1-81(2,3)55-28-37-61(38-29-55)88(62-39-30-56(31-40-62)82(4,5)6)65-45-46-70-73(51-65)90(72-47-36-59(85(13,14)15)48-68(72)54-24-20-19-21-25-54)74-52-66(89(63-41-32-57(33-42-63)83(7,8)9)64-43-34-58(35-44-64)84(10,11)12)53-75-78(74)87(70)71-50-60(86(16,17)18)49-69-77-67-26-22-23-27-76(67)92-80(77)91(75)79(69)71/h19-53H,1-18H3. The van der Waals surface area contributed by atoms with Crippen LogP contribution in [-0.2, 0) is 32.5 Å². The molecule has 10 aromatic carbocycles. The minimum atomic E-state index is -0.137. The third-order valence-electron chi connectivity index (χ3n) is 19.7. The van der Waals surface area contributed by atoms with Gasteiger partial charge in [0, 0.05) is 71.9 Å². The first-order valence-electron chi connectivity index (χ1n) is 33.3. The molecule has 0 saturated heterocycles. The first-order valence-corrected chi connectivity index (χ1v) is 34.1. The van der Waals surface area contributed by atoms with E-state index in [0.29, 0.717) is 0 Å². The highest BCUT2D eigenvalue weighted by Gasteiger charge is 2.45. The third-order valence-corrected chi connectivity index (χ3v) is 20.9. The van der Waals surface area contributed by atoms with Crippen LogP contribution in [0.1, 0.15) is 158 Å². The van der Waals surface area contributed by atoms with E-state index in [0.717, 1.165) is 51.2 Å². The van der Waals surface area contributed by atoms with Crippen LogP contribution in [0, 0.1) is 0 Å². The molecular formula is C86H89BN4S. The molecule has 2 aliphatic heterocycles. The van der Waals surface area contributed by atoms with Gasteiger partial charge < -0.3 is 19.3 Å². The number of rotatable bonds is 8. The molecule has 12 aromatic rings. The van der Waals surface area contributed by atoms with E-state index in [1.54, 1.807) is 0 Å². The molecule has 0 fully saturated rings. The van der Waals surface area contributed by atoms with Crippen molar-refractivity contribution in [3.05, 3.63) is 246 Å². The largest absolute Gasteiger partial charge is 0.311 e. The van der Waals surface area contributed by atoms with Crippen molar-refractivity contribution >= 4 is 117 Å². The van der Waals surface area contributed by atoms with E-state index in [2.05, 4.69) is 356 Å². The number of nitrogens with zero attached hydrogens (tertiary/aromatic N) is 4. The van der Waals surface area contributed by atoms with Crippen molar-refractivity contribution in [3.8, 4) is 16.8 Å². The molecule has 6 heteroatoms. The summed E-state index contributed by atoms with van der Waals surface area (Å²) in [4.78, 5) is 8.98. The van der Waals surface area contributed by atoms with Crippen molar-refractivity contribution < 1.29 is 0 Å². The third kappa shape index (κ3) is 10.5. The Bertz CT molecular complexity index is 4710. The summed E-state index contributed by atoms with van der Waals surface area (Å²) < 4.78 is 4.00. The summed E-state index contributed by atoms with van der Waals surface area (Å²) in [7, 11) is 0. The van der Waals surface area contributed by atoms with Crippen LogP contribution >= 0.6 is 11.3 Å². The minimum Gasteiger partial charge on any atom is -0.311 e. The van der Waals surface area contributed by atoms with Crippen molar-refractivity contribution in [2.45, 2.75) is 157 Å². The highest BCUT2D eigenvalue weighted by Crippen LogP contribution is 2.52. The summed E-state index contributed by atoms with van der Waals surface area (Å²) in [5.41, 5.74) is 26.4. The maximum absolute atomic E-state index is 2.70. The quantitative estimate of drug-likeness (QED) is 0.141. The molecule has 0 amide bonds. The Morgan fingerprint density at radius 1 is 0.326 bits per heavy atom. The van der Waals surface area contributed by atoms with E-state index in [1.807, 2.05) is 11.3 Å². The van der Waals surface area contributed by atoms with Gasteiger partial charge in [-0.25, -0.2) is 0 Å². The molecule has 0 saturated carbocycles. The lowest BCUT2D eigenvalue weighted by Crippen LogP contribution is -2.60. The number of hydrogen-bond donors (Lipinski definition) is 0. The summed E-state index contributed by atoms with van der Waals surface area (Å²) in [5.74, 6) is 0. The molecule has 0 atom stereocenters. The van der Waals surface area contributed by atoms with Gasteiger partial charge in [0.15, 0.2) is 0 Å². The van der Waals surface area contributed by atoms with E-state index in [1.165, 1.54) is 97.8 Å². The van der Waals surface area contributed by atoms with Crippen LogP contribution in [0.5, 0.6) is 0 Å². The lowest BCUT2D eigenvalue weighted by Gasteiger charge is -2.43. The van der Waals surface area contributed by atoms with Crippen LogP contribution in [-0.4, -0.2) is 11.3 Å². The molecule has 462 valence electrons. The lowest BCUT2D eigenvalue weighted by atomic mass is 9.33. The van der Waals surface area contributed by atoms with Crippen LogP contribution in [0.25, 0.3) is 48.0 Å². The molecule has 0 unspecified atom stereocenters. The number of hydrogen-bond acceptors (Lipinski definition) is 4. The highest BCUT2D eigenvalue weighted by atomic mass is 32.1. The predicted molar refractivity (Wildman–Crippen MR) is 403 cm³/mol. The zero-order valence-corrected chi connectivity index (χ0v) is 58.3. The summed E-state index contributed by atoms with van der Waals surface area (Å²) in [6.45, 7) is 41.7. The van der Waals surface area contributed by atoms with E-state index in [-0.39, 0.29) is 39.2 Å². The zero-order valence-electron chi connectivity index (χ0n) is 57.5. The molecule has 2 aliphatic rings. The molecule has 92 heavy (non-hydrogen) atoms. The number of fused-ring (bicyclic) bond motifs is 9. The fourth-order valence-corrected chi connectivity index (χ4v) is 15.5. The van der Waals surface area contributed by atoms with Gasteiger partial charge in [0.05, 0.1) is 16.9 Å². The topological polar surface area (TPSA) is 14.7 Å². The van der Waals surface area contributed by atoms with Gasteiger partial charge in [0.2, 0.25) is 0 Å². The van der Waals surface area contributed by atoms with E-state index in [4.69, 9.17) is 0 Å².